The van der Waals surface area contributed by atoms with Crippen molar-refractivity contribution in [3.05, 3.63) is 58.9 Å². The lowest BCUT2D eigenvalue weighted by molar-refractivity contribution is 0.0946. The van der Waals surface area contributed by atoms with Crippen molar-refractivity contribution in [1.29, 1.82) is 5.26 Å². The van der Waals surface area contributed by atoms with Crippen molar-refractivity contribution in [3.63, 3.8) is 0 Å². The molecule has 0 spiro atoms. The number of nitrogens with zero attached hydrogens (tertiary/aromatic N) is 1. The summed E-state index contributed by atoms with van der Waals surface area (Å²) in [7, 11) is 0. The second-order valence-corrected chi connectivity index (χ2v) is 4.39. The van der Waals surface area contributed by atoms with Gasteiger partial charge in [0.15, 0.2) is 0 Å². The number of rotatable bonds is 4. The molecule has 96 valence electrons. The van der Waals surface area contributed by atoms with Crippen molar-refractivity contribution in [1.82, 2.24) is 10.3 Å². The fourth-order valence-corrected chi connectivity index (χ4v) is 1.78. The minimum atomic E-state index is -0.116. The first-order valence-electron chi connectivity index (χ1n) is 6.07. The topological polar surface area (TPSA) is 68.7 Å². The van der Waals surface area contributed by atoms with Crippen LogP contribution in [0.4, 0.5) is 0 Å². The molecule has 19 heavy (non-hydrogen) atoms. The summed E-state index contributed by atoms with van der Waals surface area (Å²) in [5.41, 5.74) is 3.53. The van der Waals surface area contributed by atoms with Gasteiger partial charge in [-0.1, -0.05) is 24.3 Å². The third-order valence-electron chi connectivity index (χ3n) is 2.84. The van der Waals surface area contributed by atoms with Crippen LogP contribution >= 0.6 is 0 Å². The van der Waals surface area contributed by atoms with Crippen molar-refractivity contribution in [2.24, 2.45) is 0 Å². The second kappa shape index (κ2) is 5.87. The molecule has 0 fully saturated rings. The summed E-state index contributed by atoms with van der Waals surface area (Å²) < 4.78 is 0. The van der Waals surface area contributed by atoms with Crippen LogP contribution in [0.15, 0.2) is 36.4 Å². The van der Waals surface area contributed by atoms with Gasteiger partial charge in [0.25, 0.3) is 5.91 Å². The van der Waals surface area contributed by atoms with Crippen LogP contribution in [-0.4, -0.2) is 10.9 Å². The van der Waals surface area contributed by atoms with E-state index in [1.807, 2.05) is 37.3 Å². The van der Waals surface area contributed by atoms with Gasteiger partial charge in [0, 0.05) is 12.2 Å². The fraction of sp³-hybridized carbons (Fsp3) is 0.200. The SMILES string of the molecule is Cc1ccc(C(=O)NCc2ccc(CC#N)cc2)[nH]1. The average Bonchev–Trinajstić information content (AvgIpc) is 2.85. The number of nitrogens with one attached hydrogen (secondary N) is 2. The maximum Gasteiger partial charge on any atom is 0.267 e. The number of nitriles is 1. The Balaban J connectivity index is 1.92. The predicted molar refractivity (Wildman–Crippen MR) is 72.5 cm³/mol. The summed E-state index contributed by atoms with van der Waals surface area (Å²) >= 11 is 0. The highest BCUT2D eigenvalue weighted by molar-refractivity contribution is 5.92. The lowest BCUT2D eigenvalue weighted by Gasteiger charge is -2.04. The van der Waals surface area contributed by atoms with E-state index in [-0.39, 0.29) is 5.91 Å². The Morgan fingerprint density at radius 1 is 1.21 bits per heavy atom. The number of amides is 1. The van der Waals surface area contributed by atoms with Crippen molar-refractivity contribution < 1.29 is 4.79 Å². The fourth-order valence-electron chi connectivity index (χ4n) is 1.78. The Bertz CT molecular complexity index is 605. The maximum absolute atomic E-state index is 11.8. The van der Waals surface area contributed by atoms with Crippen LogP contribution in [0.25, 0.3) is 0 Å². The number of hydrogen-bond donors (Lipinski definition) is 2. The molecular formula is C15H15N3O. The van der Waals surface area contributed by atoms with Crippen molar-refractivity contribution in [2.75, 3.05) is 0 Å². The number of hydrogen-bond acceptors (Lipinski definition) is 2. The Labute approximate surface area is 112 Å². The lowest BCUT2D eigenvalue weighted by atomic mass is 10.1. The molecule has 1 aromatic carbocycles. The van der Waals surface area contributed by atoms with Crippen LogP contribution in [0.2, 0.25) is 0 Å². The molecule has 1 heterocycles. The molecule has 0 unspecified atom stereocenters. The number of aromatic nitrogens is 1. The van der Waals surface area contributed by atoms with Gasteiger partial charge < -0.3 is 10.3 Å². The van der Waals surface area contributed by atoms with E-state index in [4.69, 9.17) is 5.26 Å². The number of aromatic amines is 1. The molecule has 0 bridgehead atoms. The van der Waals surface area contributed by atoms with E-state index in [0.717, 1.165) is 16.8 Å². The van der Waals surface area contributed by atoms with Gasteiger partial charge in [-0.15, -0.1) is 0 Å². The molecule has 2 rings (SSSR count). The normalized spacial score (nSPS) is 9.89. The highest BCUT2D eigenvalue weighted by Gasteiger charge is 2.06. The molecule has 0 saturated carbocycles. The quantitative estimate of drug-likeness (QED) is 0.878. The number of carbonyl (C=O) groups excluding carboxylic acids is 1. The van der Waals surface area contributed by atoms with Crippen molar-refractivity contribution in [3.8, 4) is 6.07 Å². The van der Waals surface area contributed by atoms with E-state index in [1.54, 1.807) is 6.07 Å². The van der Waals surface area contributed by atoms with E-state index < -0.39 is 0 Å². The first-order chi connectivity index (χ1) is 9.19. The van der Waals surface area contributed by atoms with Crippen molar-refractivity contribution in [2.45, 2.75) is 19.9 Å². The molecule has 0 aliphatic heterocycles. The van der Waals surface area contributed by atoms with Crippen LogP contribution < -0.4 is 5.32 Å². The summed E-state index contributed by atoms with van der Waals surface area (Å²) in [6.45, 7) is 2.38. The molecule has 0 atom stereocenters. The molecular weight excluding hydrogens is 238 g/mol. The summed E-state index contributed by atoms with van der Waals surface area (Å²) in [4.78, 5) is 14.8. The molecule has 1 amide bonds. The van der Waals surface area contributed by atoms with Crippen LogP contribution in [-0.2, 0) is 13.0 Å². The summed E-state index contributed by atoms with van der Waals surface area (Å²) in [6.07, 6.45) is 0.411. The van der Waals surface area contributed by atoms with Gasteiger partial charge in [-0.2, -0.15) is 5.26 Å². The maximum atomic E-state index is 11.8. The van der Waals surface area contributed by atoms with Gasteiger partial charge in [0.2, 0.25) is 0 Å². The molecule has 2 aromatic rings. The average molecular weight is 253 g/mol. The standard InChI is InChI=1S/C15H15N3O/c1-11-2-7-14(18-11)15(19)17-10-13-5-3-12(4-6-13)8-9-16/h2-7,18H,8,10H2,1H3,(H,17,19). The van der Waals surface area contributed by atoms with Gasteiger partial charge in [-0.25, -0.2) is 0 Å². The number of benzene rings is 1. The van der Waals surface area contributed by atoms with E-state index in [2.05, 4.69) is 16.4 Å². The van der Waals surface area contributed by atoms with Crippen molar-refractivity contribution >= 4 is 5.91 Å². The first kappa shape index (κ1) is 12.9. The van der Waals surface area contributed by atoms with Gasteiger partial charge >= 0.3 is 0 Å². The first-order valence-corrected chi connectivity index (χ1v) is 6.07. The third kappa shape index (κ3) is 3.46. The molecule has 2 N–H and O–H groups in total. The highest BCUT2D eigenvalue weighted by atomic mass is 16.1. The number of aryl methyl sites for hydroxylation is 1. The second-order valence-electron chi connectivity index (χ2n) is 4.39. The molecule has 1 aromatic heterocycles. The Kier molecular flexibility index (Phi) is 3.99. The predicted octanol–water partition coefficient (Wildman–Crippen LogP) is 2.32. The van der Waals surface area contributed by atoms with Gasteiger partial charge in [0.05, 0.1) is 12.5 Å². The Morgan fingerprint density at radius 2 is 1.89 bits per heavy atom. The minimum absolute atomic E-state index is 0.116. The van der Waals surface area contributed by atoms with E-state index >= 15 is 0 Å². The monoisotopic (exact) mass is 253 g/mol. The Morgan fingerprint density at radius 3 is 2.47 bits per heavy atom. The summed E-state index contributed by atoms with van der Waals surface area (Å²) in [5.74, 6) is -0.116. The van der Waals surface area contributed by atoms with E-state index in [0.29, 0.717) is 18.7 Å². The highest BCUT2D eigenvalue weighted by Crippen LogP contribution is 2.05. The molecule has 4 heteroatoms. The largest absolute Gasteiger partial charge is 0.355 e. The number of carbonyl (C=O) groups is 1. The zero-order valence-electron chi connectivity index (χ0n) is 10.7. The molecule has 0 aliphatic carbocycles. The molecule has 0 aliphatic rings. The van der Waals surface area contributed by atoms with Crippen LogP contribution in [0.5, 0.6) is 0 Å². The summed E-state index contributed by atoms with van der Waals surface area (Å²) in [5, 5.41) is 11.4. The third-order valence-corrected chi connectivity index (χ3v) is 2.84. The minimum Gasteiger partial charge on any atom is -0.355 e. The van der Waals surface area contributed by atoms with E-state index in [1.165, 1.54) is 0 Å². The van der Waals surface area contributed by atoms with Gasteiger partial charge in [-0.05, 0) is 30.2 Å². The molecule has 4 nitrogen and oxygen atoms in total. The zero-order chi connectivity index (χ0) is 13.7. The van der Waals surface area contributed by atoms with Crippen LogP contribution in [0.1, 0.15) is 27.3 Å². The van der Waals surface area contributed by atoms with Gasteiger partial charge in [-0.3, -0.25) is 4.79 Å². The molecule has 0 radical (unpaired) electrons. The smallest absolute Gasteiger partial charge is 0.267 e. The van der Waals surface area contributed by atoms with E-state index in [9.17, 15) is 4.79 Å². The van der Waals surface area contributed by atoms with Gasteiger partial charge in [0.1, 0.15) is 5.69 Å². The Hall–Kier alpha value is -2.54. The van der Waals surface area contributed by atoms with Crippen LogP contribution in [0, 0.1) is 18.3 Å². The van der Waals surface area contributed by atoms with Crippen LogP contribution in [0.3, 0.4) is 0 Å². The number of H-pyrrole nitrogens is 1. The summed E-state index contributed by atoms with van der Waals surface area (Å²) in [6, 6.07) is 13.4. The zero-order valence-corrected chi connectivity index (χ0v) is 10.7. The molecule has 0 saturated heterocycles. The lowest BCUT2D eigenvalue weighted by Crippen LogP contribution is -2.23.